The highest BCUT2D eigenvalue weighted by atomic mass is 19.1. The largest absolute Gasteiger partial charge is 0.396 e. The van der Waals surface area contributed by atoms with Gasteiger partial charge in [-0.3, -0.25) is 4.90 Å². The Morgan fingerprint density at radius 1 is 1.13 bits per heavy atom. The SMILES string of the molecule is CCCCN1CC[C@H](Nc2cc(F)c([C@H]3c4[nH]c5ccccc5c4C[C@H](C)N3C34CC(CO)(C3)C4)c(F)c2)C1. The Labute approximate surface area is 229 Å². The maximum absolute atomic E-state index is 16.2. The van der Waals surface area contributed by atoms with Crippen molar-refractivity contribution in [2.75, 3.05) is 31.6 Å². The molecule has 208 valence electrons. The summed E-state index contributed by atoms with van der Waals surface area (Å²) < 4.78 is 32.3. The summed E-state index contributed by atoms with van der Waals surface area (Å²) in [5, 5.41) is 14.5. The highest BCUT2D eigenvalue weighted by Gasteiger charge is 2.71. The van der Waals surface area contributed by atoms with Crippen LogP contribution in [0.5, 0.6) is 0 Å². The minimum absolute atomic E-state index is 0.00214. The van der Waals surface area contributed by atoms with Crippen molar-refractivity contribution in [3.05, 3.63) is 64.9 Å². The molecule has 3 aromatic rings. The smallest absolute Gasteiger partial charge is 0.133 e. The van der Waals surface area contributed by atoms with E-state index in [9.17, 15) is 5.11 Å². The molecule has 2 bridgehead atoms. The number of aliphatic hydroxyl groups excluding tert-OH is 1. The maximum Gasteiger partial charge on any atom is 0.133 e. The van der Waals surface area contributed by atoms with Crippen molar-refractivity contribution in [3.8, 4) is 0 Å². The second-order valence-electron chi connectivity index (χ2n) is 13.0. The monoisotopic (exact) mass is 534 g/mol. The van der Waals surface area contributed by atoms with Crippen LogP contribution in [0.1, 0.15) is 75.2 Å². The standard InChI is InChI=1S/C32H40F2N4O/c1-3-4-10-37-11-9-21(15-37)35-22-13-25(33)28(26(34)14-22)30-29-24(23-7-5-6-8-27(23)36-29)12-20(2)38(30)32-16-31(17-32,18-32)19-39/h5-8,13-14,20-21,30,35-36,39H,3-4,9-12,15-19H2,1-2H3/t20-,21-,30-,31?,32?/m0/s1. The molecular weight excluding hydrogens is 494 g/mol. The molecule has 0 unspecified atom stereocenters. The zero-order chi connectivity index (χ0) is 26.9. The predicted octanol–water partition coefficient (Wildman–Crippen LogP) is 5.98. The van der Waals surface area contributed by atoms with Gasteiger partial charge in [0, 0.05) is 65.2 Å². The van der Waals surface area contributed by atoms with Crippen LogP contribution in [-0.4, -0.2) is 63.8 Å². The number of aromatic amines is 1. The molecule has 39 heavy (non-hydrogen) atoms. The Morgan fingerprint density at radius 2 is 1.87 bits per heavy atom. The highest BCUT2D eigenvalue weighted by molar-refractivity contribution is 5.85. The predicted molar refractivity (Wildman–Crippen MR) is 151 cm³/mol. The summed E-state index contributed by atoms with van der Waals surface area (Å²) in [4.78, 5) is 8.40. The molecular formula is C32H40F2N4O. The zero-order valence-corrected chi connectivity index (χ0v) is 23.1. The number of benzene rings is 2. The van der Waals surface area contributed by atoms with Gasteiger partial charge in [-0.1, -0.05) is 31.5 Å². The van der Waals surface area contributed by atoms with Gasteiger partial charge < -0.3 is 20.3 Å². The van der Waals surface area contributed by atoms with Crippen molar-refractivity contribution >= 4 is 16.6 Å². The van der Waals surface area contributed by atoms with Crippen molar-refractivity contribution < 1.29 is 13.9 Å². The molecule has 3 aliphatic carbocycles. The van der Waals surface area contributed by atoms with Crippen LogP contribution in [0, 0.1) is 17.0 Å². The van der Waals surface area contributed by atoms with E-state index in [1.54, 1.807) is 0 Å². The first-order chi connectivity index (χ1) is 18.9. The van der Waals surface area contributed by atoms with E-state index in [2.05, 4.69) is 40.0 Å². The summed E-state index contributed by atoms with van der Waals surface area (Å²) in [5.41, 5.74) is 3.65. The van der Waals surface area contributed by atoms with E-state index >= 15 is 8.78 Å². The molecule has 3 saturated carbocycles. The molecule has 5 nitrogen and oxygen atoms in total. The molecule has 0 spiro atoms. The van der Waals surface area contributed by atoms with Gasteiger partial charge in [-0.25, -0.2) is 8.78 Å². The van der Waals surface area contributed by atoms with Gasteiger partial charge in [0.15, 0.2) is 0 Å². The number of halogens is 2. The van der Waals surface area contributed by atoms with E-state index in [0.717, 1.165) is 68.3 Å². The number of aromatic nitrogens is 1. The average molecular weight is 535 g/mol. The third kappa shape index (κ3) is 3.95. The highest BCUT2D eigenvalue weighted by Crippen LogP contribution is 2.72. The number of para-hydroxylation sites is 1. The van der Waals surface area contributed by atoms with Crippen LogP contribution in [0.15, 0.2) is 36.4 Å². The molecule has 3 atom stereocenters. The fourth-order valence-electron chi connectivity index (χ4n) is 8.57. The second-order valence-corrected chi connectivity index (χ2v) is 13.0. The summed E-state index contributed by atoms with van der Waals surface area (Å²) in [6.07, 6.45) is 6.85. The lowest BCUT2D eigenvalue weighted by Gasteiger charge is -2.76. The molecule has 3 heterocycles. The van der Waals surface area contributed by atoms with Crippen LogP contribution in [-0.2, 0) is 6.42 Å². The van der Waals surface area contributed by atoms with Gasteiger partial charge in [-0.05, 0) is 81.2 Å². The molecule has 2 aliphatic heterocycles. The van der Waals surface area contributed by atoms with Crippen LogP contribution < -0.4 is 5.32 Å². The summed E-state index contributed by atoms with van der Waals surface area (Å²) >= 11 is 0. The van der Waals surface area contributed by atoms with Gasteiger partial charge in [0.2, 0.25) is 0 Å². The first-order valence-corrected chi connectivity index (χ1v) is 14.8. The Bertz CT molecular complexity index is 1360. The van der Waals surface area contributed by atoms with Gasteiger partial charge >= 0.3 is 0 Å². The van der Waals surface area contributed by atoms with Crippen LogP contribution in [0.25, 0.3) is 10.9 Å². The summed E-state index contributed by atoms with van der Waals surface area (Å²) in [6, 6.07) is 11.0. The van der Waals surface area contributed by atoms with Crippen molar-refractivity contribution in [1.82, 2.24) is 14.8 Å². The molecule has 0 radical (unpaired) electrons. The van der Waals surface area contributed by atoms with Crippen molar-refractivity contribution in [2.45, 2.75) is 82.5 Å². The minimum Gasteiger partial charge on any atom is -0.396 e. The molecule has 1 saturated heterocycles. The van der Waals surface area contributed by atoms with Gasteiger partial charge in [-0.15, -0.1) is 0 Å². The van der Waals surface area contributed by atoms with Gasteiger partial charge in [-0.2, -0.15) is 0 Å². The molecule has 0 amide bonds. The third-order valence-corrected chi connectivity index (χ3v) is 10.2. The van der Waals surface area contributed by atoms with Crippen LogP contribution >= 0.6 is 0 Å². The van der Waals surface area contributed by atoms with Crippen LogP contribution in [0.4, 0.5) is 14.5 Å². The van der Waals surface area contributed by atoms with E-state index in [0.29, 0.717) is 5.69 Å². The number of nitrogens with one attached hydrogen (secondary N) is 2. The van der Waals surface area contributed by atoms with Crippen LogP contribution in [0.2, 0.25) is 0 Å². The van der Waals surface area contributed by atoms with E-state index in [4.69, 9.17) is 0 Å². The summed E-state index contributed by atoms with van der Waals surface area (Å²) in [6.45, 7) is 7.60. The first-order valence-electron chi connectivity index (χ1n) is 14.8. The fourth-order valence-corrected chi connectivity index (χ4v) is 8.57. The molecule has 2 aromatic carbocycles. The number of unbranched alkanes of at least 4 members (excludes halogenated alkanes) is 1. The summed E-state index contributed by atoms with van der Waals surface area (Å²) in [7, 11) is 0. The average Bonchev–Trinajstić information content (AvgIpc) is 3.46. The third-order valence-electron chi connectivity index (χ3n) is 10.2. The Kier molecular flexibility index (Phi) is 6.07. The number of H-pyrrole nitrogens is 1. The number of anilines is 1. The molecule has 3 N–H and O–H groups in total. The van der Waals surface area contributed by atoms with Gasteiger partial charge in [0.05, 0.1) is 6.04 Å². The second kappa shape index (κ2) is 9.28. The van der Waals surface area contributed by atoms with E-state index in [-0.39, 0.29) is 35.2 Å². The number of fused-ring (bicyclic) bond motifs is 3. The molecule has 8 rings (SSSR count). The van der Waals surface area contributed by atoms with Gasteiger partial charge in [0.25, 0.3) is 0 Å². The quantitative estimate of drug-likeness (QED) is 0.333. The van der Waals surface area contributed by atoms with E-state index in [1.165, 1.54) is 30.5 Å². The molecule has 1 aromatic heterocycles. The number of hydrogen-bond donors (Lipinski definition) is 3. The van der Waals surface area contributed by atoms with Crippen molar-refractivity contribution in [1.29, 1.82) is 0 Å². The lowest BCUT2D eigenvalue weighted by molar-refractivity contribution is -0.254. The number of rotatable bonds is 8. The van der Waals surface area contributed by atoms with E-state index < -0.39 is 17.7 Å². The number of aliphatic hydroxyl groups is 1. The Morgan fingerprint density at radius 3 is 2.59 bits per heavy atom. The Hall–Kier alpha value is -2.48. The Balaban J connectivity index is 1.25. The number of hydrogen-bond acceptors (Lipinski definition) is 4. The maximum atomic E-state index is 16.2. The number of nitrogens with zero attached hydrogens (tertiary/aromatic N) is 2. The van der Waals surface area contributed by atoms with Gasteiger partial charge in [0.1, 0.15) is 11.6 Å². The van der Waals surface area contributed by atoms with Crippen molar-refractivity contribution in [2.24, 2.45) is 5.41 Å². The summed E-state index contributed by atoms with van der Waals surface area (Å²) in [5.74, 6) is -0.981. The van der Waals surface area contributed by atoms with Crippen LogP contribution in [0.3, 0.4) is 0 Å². The van der Waals surface area contributed by atoms with Crippen molar-refractivity contribution in [3.63, 3.8) is 0 Å². The topological polar surface area (TPSA) is 54.5 Å². The lowest BCUT2D eigenvalue weighted by atomic mass is 9.38. The molecule has 4 fully saturated rings. The normalized spacial score (nSPS) is 32.2. The fraction of sp³-hybridized carbons (Fsp3) is 0.562. The first kappa shape index (κ1) is 25.5. The van der Waals surface area contributed by atoms with E-state index in [1.807, 2.05) is 18.2 Å². The number of likely N-dealkylation sites (tertiary alicyclic amines) is 1. The zero-order valence-electron chi connectivity index (χ0n) is 23.1. The lowest BCUT2D eigenvalue weighted by Crippen LogP contribution is -2.77. The molecule has 5 aliphatic rings. The minimum atomic E-state index is -0.529. The molecule has 7 heteroatoms.